The Kier molecular flexibility index (Phi) is 7.36. The molecular formula is C22H18BrN5O4. The van der Waals surface area contributed by atoms with E-state index in [1.54, 1.807) is 36.4 Å². The standard InChI is InChI=1S/C22H18BrN5O4/c1-3-31-18-10-14(9-17(23)20(18)32-13(2)29)12-25-28-22-26-19(15-7-5-4-6-8-15)16(11-24)21(30)27-22/h4-10,12H,3H2,1-2H3,(H2,26,27,28,30). The normalized spacial score (nSPS) is 10.6. The van der Waals surface area contributed by atoms with Gasteiger partial charge in [0.05, 0.1) is 23.0 Å². The second-order valence-corrected chi connectivity index (χ2v) is 7.20. The van der Waals surface area contributed by atoms with Gasteiger partial charge in [0.15, 0.2) is 11.5 Å². The number of nitrogens with one attached hydrogen (secondary N) is 2. The Bertz CT molecular complexity index is 1270. The van der Waals surface area contributed by atoms with E-state index >= 15 is 0 Å². The molecule has 0 aliphatic heterocycles. The highest BCUT2D eigenvalue weighted by Gasteiger charge is 2.15. The highest BCUT2D eigenvalue weighted by atomic mass is 79.9. The number of halogens is 1. The average molecular weight is 496 g/mol. The second-order valence-electron chi connectivity index (χ2n) is 6.34. The number of H-pyrrole nitrogens is 1. The van der Waals surface area contributed by atoms with Crippen LogP contribution in [0.15, 0.2) is 56.8 Å². The molecule has 0 unspecified atom stereocenters. The lowest BCUT2D eigenvalue weighted by Crippen LogP contribution is -2.16. The highest BCUT2D eigenvalue weighted by Crippen LogP contribution is 2.36. The van der Waals surface area contributed by atoms with E-state index in [1.807, 2.05) is 19.1 Å². The Labute approximate surface area is 191 Å². The Morgan fingerprint density at radius 3 is 2.75 bits per heavy atom. The van der Waals surface area contributed by atoms with Crippen LogP contribution in [0.3, 0.4) is 0 Å². The largest absolute Gasteiger partial charge is 0.490 e. The van der Waals surface area contributed by atoms with Gasteiger partial charge in [0.25, 0.3) is 5.56 Å². The Morgan fingerprint density at radius 2 is 2.09 bits per heavy atom. The highest BCUT2D eigenvalue weighted by molar-refractivity contribution is 9.10. The molecular weight excluding hydrogens is 478 g/mol. The summed E-state index contributed by atoms with van der Waals surface area (Å²) in [6.07, 6.45) is 1.48. The molecule has 0 amide bonds. The molecule has 0 saturated heterocycles. The van der Waals surface area contributed by atoms with E-state index < -0.39 is 11.5 Å². The van der Waals surface area contributed by atoms with E-state index in [1.165, 1.54) is 13.1 Å². The number of rotatable bonds is 7. The van der Waals surface area contributed by atoms with E-state index in [2.05, 4.69) is 36.4 Å². The molecule has 0 aliphatic carbocycles. The minimum Gasteiger partial charge on any atom is -0.490 e. The monoisotopic (exact) mass is 495 g/mol. The first-order chi connectivity index (χ1) is 15.4. The maximum Gasteiger partial charge on any atom is 0.308 e. The number of benzene rings is 2. The van der Waals surface area contributed by atoms with Crippen LogP contribution < -0.4 is 20.5 Å². The molecule has 1 heterocycles. The molecule has 9 nitrogen and oxygen atoms in total. The van der Waals surface area contributed by atoms with E-state index in [-0.39, 0.29) is 23.0 Å². The molecule has 3 aromatic rings. The summed E-state index contributed by atoms with van der Waals surface area (Å²) in [6, 6.07) is 14.2. The van der Waals surface area contributed by atoms with Crippen molar-refractivity contribution in [1.29, 1.82) is 5.26 Å². The zero-order valence-electron chi connectivity index (χ0n) is 17.2. The molecule has 0 fully saturated rings. The van der Waals surface area contributed by atoms with Crippen LogP contribution in [0, 0.1) is 11.3 Å². The van der Waals surface area contributed by atoms with Gasteiger partial charge in [-0.3, -0.25) is 14.6 Å². The van der Waals surface area contributed by atoms with Crippen LogP contribution in [0.5, 0.6) is 11.5 Å². The van der Waals surface area contributed by atoms with Gasteiger partial charge in [-0.1, -0.05) is 30.3 Å². The number of esters is 1. The number of carbonyl (C=O) groups excluding carboxylic acids is 1. The van der Waals surface area contributed by atoms with Gasteiger partial charge in [0.1, 0.15) is 11.6 Å². The number of nitriles is 1. The summed E-state index contributed by atoms with van der Waals surface area (Å²) in [5.74, 6) is 0.245. The van der Waals surface area contributed by atoms with Crippen molar-refractivity contribution in [2.45, 2.75) is 13.8 Å². The molecule has 32 heavy (non-hydrogen) atoms. The summed E-state index contributed by atoms with van der Waals surface area (Å²) in [6.45, 7) is 3.49. The smallest absolute Gasteiger partial charge is 0.308 e. The van der Waals surface area contributed by atoms with Gasteiger partial charge < -0.3 is 9.47 Å². The minimum atomic E-state index is -0.578. The molecule has 0 aliphatic rings. The lowest BCUT2D eigenvalue weighted by molar-refractivity contribution is -0.132. The van der Waals surface area contributed by atoms with Crippen molar-refractivity contribution in [1.82, 2.24) is 9.97 Å². The van der Waals surface area contributed by atoms with Crippen molar-refractivity contribution >= 4 is 34.1 Å². The molecule has 2 N–H and O–H groups in total. The molecule has 0 atom stereocenters. The number of aromatic nitrogens is 2. The van der Waals surface area contributed by atoms with Gasteiger partial charge in [0, 0.05) is 12.5 Å². The number of aromatic amines is 1. The van der Waals surface area contributed by atoms with Crippen LogP contribution >= 0.6 is 15.9 Å². The van der Waals surface area contributed by atoms with Crippen molar-refractivity contribution in [2.24, 2.45) is 5.10 Å². The van der Waals surface area contributed by atoms with Crippen LogP contribution in [-0.4, -0.2) is 28.8 Å². The Morgan fingerprint density at radius 1 is 1.34 bits per heavy atom. The minimum absolute atomic E-state index is 0.0738. The van der Waals surface area contributed by atoms with Crippen molar-refractivity contribution in [3.8, 4) is 28.8 Å². The van der Waals surface area contributed by atoms with Gasteiger partial charge in [-0.2, -0.15) is 10.4 Å². The first-order valence-electron chi connectivity index (χ1n) is 9.46. The summed E-state index contributed by atoms with van der Waals surface area (Å²) in [5, 5.41) is 13.4. The average Bonchev–Trinajstić information content (AvgIpc) is 2.76. The van der Waals surface area contributed by atoms with Crippen molar-refractivity contribution in [2.75, 3.05) is 12.0 Å². The molecule has 10 heteroatoms. The number of carbonyl (C=O) groups is 1. The maximum absolute atomic E-state index is 12.3. The number of hydrogen-bond acceptors (Lipinski definition) is 8. The fourth-order valence-electron chi connectivity index (χ4n) is 2.77. The van der Waals surface area contributed by atoms with E-state index in [0.717, 1.165) is 0 Å². The predicted octanol–water partition coefficient (Wildman–Crippen LogP) is 3.84. The summed E-state index contributed by atoms with van der Waals surface area (Å²) < 4.78 is 11.3. The third-order valence-electron chi connectivity index (χ3n) is 4.04. The lowest BCUT2D eigenvalue weighted by Gasteiger charge is -2.12. The topological polar surface area (TPSA) is 129 Å². The van der Waals surface area contributed by atoms with Crippen LogP contribution in [0.25, 0.3) is 11.3 Å². The fourth-order valence-corrected chi connectivity index (χ4v) is 3.31. The third-order valence-corrected chi connectivity index (χ3v) is 4.63. The van der Waals surface area contributed by atoms with Gasteiger partial charge in [-0.05, 0) is 40.5 Å². The van der Waals surface area contributed by atoms with Gasteiger partial charge in [-0.15, -0.1) is 0 Å². The molecule has 0 bridgehead atoms. The van der Waals surface area contributed by atoms with Crippen LogP contribution in [0.1, 0.15) is 25.0 Å². The maximum atomic E-state index is 12.3. The summed E-state index contributed by atoms with van der Waals surface area (Å²) >= 11 is 3.36. The summed E-state index contributed by atoms with van der Waals surface area (Å²) in [4.78, 5) is 30.5. The fraction of sp³-hybridized carbons (Fsp3) is 0.136. The summed E-state index contributed by atoms with van der Waals surface area (Å²) in [5.41, 5.74) is 3.51. The quantitative estimate of drug-likeness (QED) is 0.220. The Hall–Kier alpha value is -3.97. The zero-order chi connectivity index (χ0) is 23.1. The van der Waals surface area contributed by atoms with E-state index in [9.17, 15) is 14.9 Å². The van der Waals surface area contributed by atoms with Crippen molar-refractivity contribution in [3.63, 3.8) is 0 Å². The van der Waals surface area contributed by atoms with E-state index in [0.29, 0.717) is 28.0 Å². The molecule has 0 saturated carbocycles. The van der Waals surface area contributed by atoms with Gasteiger partial charge in [-0.25, -0.2) is 10.4 Å². The molecule has 162 valence electrons. The van der Waals surface area contributed by atoms with Gasteiger partial charge >= 0.3 is 5.97 Å². The third kappa shape index (κ3) is 5.39. The number of ether oxygens (including phenoxy) is 2. The number of hydrogen-bond donors (Lipinski definition) is 2. The Balaban J connectivity index is 1.89. The van der Waals surface area contributed by atoms with Crippen LogP contribution in [-0.2, 0) is 4.79 Å². The first-order valence-corrected chi connectivity index (χ1v) is 10.3. The van der Waals surface area contributed by atoms with Gasteiger partial charge in [0.2, 0.25) is 5.95 Å². The SMILES string of the molecule is CCOc1cc(C=NNc2nc(-c3ccccc3)c(C#N)c(=O)[nH]2)cc(Br)c1OC(C)=O. The van der Waals surface area contributed by atoms with Crippen LogP contribution in [0.2, 0.25) is 0 Å². The van der Waals surface area contributed by atoms with Crippen molar-refractivity contribution < 1.29 is 14.3 Å². The van der Waals surface area contributed by atoms with Crippen LogP contribution in [0.4, 0.5) is 5.95 Å². The number of nitrogens with zero attached hydrogens (tertiary/aromatic N) is 3. The second kappa shape index (κ2) is 10.4. The van der Waals surface area contributed by atoms with E-state index in [4.69, 9.17) is 9.47 Å². The number of hydrazone groups is 1. The first kappa shape index (κ1) is 22.7. The number of anilines is 1. The molecule has 0 radical (unpaired) electrons. The molecule has 0 spiro atoms. The lowest BCUT2D eigenvalue weighted by atomic mass is 10.1. The zero-order valence-corrected chi connectivity index (χ0v) is 18.8. The van der Waals surface area contributed by atoms with Crippen molar-refractivity contribution in [3.05, 3.63) is 68.4 Å². The summed E-state index contributed by atoms with van der Waals surface area (Å²) in [7, 11) is 0. The molecule has 1 aromatic heterocycles. The predicted molar refractivity (Wildman–Crippen MR) is 123 cm³/mol. The molecule has 2 aromatic carbocycles. The molecule has 3 rings (SSSR count).